The maximum absolute atomic E-state index is 11.3. The van der Waals surface area contributed by atoms with Crippen LogP contribution in [-0.2, 0) is 10.0 Å². The molecule has 1 fully saturated rings. The van der Waals surface area contributed by atoms with Gasteiger partial charge in [-0.05, 0) is 36.5 Å². The number of hydrogen-bond donors (Lipinski definition) is 2. The molecule has 0 bridgehead atoms. The maximum atomic E-state index is 11.3. The van der Waals surface area contributed by atoms with E-state index in [2.05, 4.69) is 18.7 Å². The molecule has 0 aliphatic carbocycles. The molecule has 0 amide bonds. The lowest BCUT2D eigenvalue weighted by atomic mass is 9.78. The number of primary sulfonamides is 1. The van der Waals surface area contributed by atoms with E-state index in [0.29, 0.717) is 5.41 Å². The van der Waals surface area contributed by atoms with Crippen molar-refractivity contribution in [1.29, 1.82) is 0 Å². The SMILES string of the molecule is CCC1(C)CCN(c2ccc(S(N)(=O)=O)c(N)c2)CC1. The van der Waals surface area contributed by atoms with Gasteiger partial charge >= 0.3 is 0 Å². The van der Waals surface area contributed by atoms with Gasteiger partial charge in [-0.3, -0.25) is 0 Å². The molecule has 5 nitrogen and oxygen atoms in total. The predicted molar refractivity (Wildman–Crippen MR) is 82.1 cm³/mol. The molecule has 0 spiro atoms. The highest BCUT2D eigenvalue weighted by atomic mass is 32.2. The summed E-state index contributed by atoms with van der Waals surface area (Å²) in [6.45, 7) is 6.49. The van der Waals surface area contributed by atoms with Crippen molar-refractivity contribution < 1.29 is 8.42 Å². The average molecular weight is 297 g/mol. The summed E-state index contributed by atoms with van der Waals surface area (Å²) in [5.74, 6) is 0. The first kappa shape index (κ1) is 15.1. The molecule has 0 radical (unpaired) electrons. The zero-order valence-electron chi connectivity index (χ0n) is 12.1. The Kier molecular flexibility index (Phi) is 3.97. The number of rotatable bonds is 3. The average Bonchev–Trinajstić information content (AvgIpc) is 2.38. The largest absolute Gasteiger partial charge is 0.398 e. The first-order valence-corrected chi connectivity index (χ1v) is 8.47. The summed E-state index contributed by atoms with van der Waals surface area (Å²) in [7, 11) is -3.75. The van der Waals surface area contributed by atoms with E-state index >= 15 is 0 Å². The lowest BCUT2D eigenvalue weighted by molar-refractivity contribution is 0.238. The highest BCUT2D eigenvalue weighted by molar-refractivity contribution is 7.89. The van der Waals surface area contributed by atoms with Crippen LogP contribution in [0.25, 0.3) is 0 Å². The van der Waals surface area contributed by atoms with Crippen LogP contribution in [0.4, 0.5) is 11.4 Å². The van der Waals surface area contributed by atoms with E-state index in [9.17, 15) is 8.42 Å². The van der Waals surface area contributed by atoms with Gasteiger partial charge in [-0.25, -0.2) is 13.6 Å². The first-order chi connectivity index (χ1) is 9.25. The fourth-order valence-electron chi connectivity index (χ4n) is 2.65. The summed E-state index contributed by atoms with van der Waals surface area (Å²) in [5.41, 5.74) is 7.41. The number of hydrogen-bond acceptors (Lipinski definition) is 4. The van der Waals surface area contributed by atoms with Crippen LogP contribution in [-0.4, -0.2) is 21.5 Å². The van der Waals surface area contributed by atoms with Crippen LogP contribution < -0.4 is 15.8 Å². The van der Waals surface area contributed by atoms with E-state index in [4.69, 9.17) is 10.9 Å². The highest BCUT2D eigenvalue weighted by Gasteiger charge is 2.28. The minimum atomic E-state index is -3.75. The molecule has 1 aromatic rings. The molecule has 1 aliphatic heterocycles. The van der Waals surface area contributed by atoms with Gasteiger partial charge in [-0.2, -0.15) is 0 Å². The normalized spacial score (nSPS) is 19.1. The molecule has 0 aromatic heterocycles. The minimum absolute atomic E-state index is 0.00310. The Morgan fingerprint density at radius 2 is 1.90 bits per heavy atom. The maximum Gasteiger partial charge on any atom is 0.240 e. The van der Waals surface area contributed by atoms with Gasteiger partial charge in [0.05, 0.1) is 5.69 Å². The summed E-state index contributed by atoms with van der Waals surface area (Å²) in [5, 5.41) is 5.12. The van der Waals surface area contributed by atoms with Crippen LogP contribution >= 0.6 is 0 Å². The van der Waals surface area contributed by atoms with Gasteiger partial charge in [0.25, 0.3) is 0 Å². The van der Waals surface area contributed by atoms with E-state index in [0.717, 1.165) is 31.6 Å². The summed E-state index contributed by atoms with van der Waals surface area (Å²) >= 11 is 0. The molecule has 1 aliphatic rings. The molecule has 1 heterocycles. The highest BCUT2D eigenvalue weighted by Crippen LogP contribution is 2.36. The standard InChI is InChI=1S/C14H23N3O2S/c1-3-14(2)6-8-17(9-7-14)11-4-5-13(12(15)10-11)20(16,18)19/h4-5,10H,3,6-9,15H2,1-2H3,(H2,16,18,19). The second kappa shape index (κ2) is 5.26. The monoisotopic (exact) mass is 297 g/mol. The van der Waals surface area contributed by atoms with Gasteiger partial charge in [-0.1, -0.05) is 20.3 Å². The van der Waals surface area contributed by atoms with Crippen molar-refractivity contribution in [3.63, 3.8) is 0 Å². The van der Waals surface area contributed by atoms with Gasteiger partial charge in [0.2, 0.25) is 10.0 Å². The van der Waals surface area contributed by atoms with Crippen LogP contribution in [0.2, 0.25) is 0 Å². The van der Waals surface area contributed by atoms with Crippen LogP contribution in [0.1, 0.15) is 33.1 Å². The smallest absolute Gasteiger partial charge is 0.240 e. The summed E-state index contributed by atoms with van der Waals surface area (Å²) in [6, 6.07) is 4.98. The Bertz CT molecular complexity index is 590. The van der Waals surface area contributed by atoms with E-state index in [1.54, 1.807) is 12.1 Å². The Morgan fingerprint density at radius 1 is 1.30 bits per heavy atom. The third-order valence-electron chi connectivity index (χ3n) is 4.49. The zero-order valence-corrected chi connectivity index (χ0v) is 12.9. The molecule has 0 atom stereocenters. The third-order valence-corrected chi connectivity index (χ3v) is 5.47. The van der Waals surface area contributed by atoms with Crippen molar-refractivity contribution >= 4 is 21.4 Å². The van der Waals surface area contributed by atoms with E-state index in [1.807, 2.05) is 0 Å². The molecule has 0 unspecified atom stereocenters. The van der Waals surface area contributed by atoms with Crippen LogP contribution in [0, 0.1) is 5.41 Å². The first-order valence-electron chi connectivity index (χ1n) is 6.92. The number of nitrogens with zero attached hydrogens (tertiary/aromatic N) is 1. The molecule has 2 rings (SSSR count). The molecule has 1 aromatic carbocycles. The van der Waals surface area contributed by atoms with E-state index in [-0.39, 0.29) is 10.6 Å². The van der Waals surface area contributed by atoms with Gasteiger partial charge in [-0.15, -0.1) is 0 Å². The Labute approximate surface area is 121 Å². The molecule has 6 heteroatoms. The van der Waals surface area contributed by atoms with E-state index in [1.165, 1.54) is 12.5 Å². The molecule has 1 saturated heterocycles. The van der Waals surface area contributed by atoms with Gasteiger partial charge < -0.3 is 10.6 Å². The van der Waals surface area contributed by atoms with Crippen LogP contribution in [0.15, 0.2) is 23.1 Å². The minimum Gasteiger partial charge on any atom is -0.398 e. The molecular formula is C14H23N3O2S. The van der Waals surface area contributed by atoms with Crippen molar-refractivity contribution in [1.82, 2.24) is 0 Å². The Morgan fingerprint density at radius 3 is 2.35 bits per heavy atom. The lowest BCUT2D eigenvalue weighted by Crippen LogP contribution is -2.38. The molecule has 0 saturated carbocycles. The topological polar surface area (TPSA) is 89.4 Å². The Hall–Kier alpha value is -1.27. The van der Waals surface area contributed by atoms with Crippen molar-refractivity contribution in [3.8, 4) is 0 Å². The molecular weight excluding hydrogens is 274 g/mol. The third kappa shape index (κ3) is 3.07. The van der Waals surface area contributed by atoms with Gasteiger partial charge in [0.15, 0.2) is 0 Å². The molecule has 4 N–H and O–H groups in total. The lowest BCUT2D eigenvalue weighted by Gasteiger charge is -2.40. The second-order valence-corrected chi connectivity index (χ2v) is 7.45. The van der Waals surface area contributed by atoms with Crippen molar-refractivity contribution in [3.05, 3.63) is 18.2 Å². The number of anilines is 2. The summed E-state index contributed by atoms with van der Waals surface area (Å²) in [6.07, 6.45) is 3.47. The van der Waals surface area contributed by atoms with E-state index < -0.39 is 10.0 Å². The van der Waals surface area contributed by atoms with Crippen LogP contribution in [0.5, 0.6) is 0 Å². The molecule has 112 valence electrons. The zero-order chi connectivity index (χ0) is 15.0. The second-order valence-electron chi connectivity index (χ2n) is 5.92. The quantitative estimate of drug-likeness (QED) is 0.834. The number of piperidine rings is 1. The van der Waals surface area contributed by atoms with Gasteiger partial charge in [0, 0.05) is 18.8 Å². The fourth-order valence-corrected chi connectivity index (χ4v) is 3.30. The predicted octanol–water partition coefficient (Wildman–Crippen LogP) is 1.93. The molecule has 20 heavy (non-hydrogen) atoms. The Balaban J connectivity index is 2.18. The summed E-state index contributed by atoms with van der Waals surface area (Å²) < 4.78 is 22.7. The van der Waals surface area contributed by atoms with Gasteiger partial charge in [0.1, 0.15) is 4.90 Å². The van der Waals surface area contributed by atoms with Crippen molar-refractivity contribution in [2.24, 2.45) is 10.6 Å². The van der Waals surface area contributed by atoms with Crippen molar-refractivity contribution in [2.45, 2.75) is 38.0 Å². The van der Waals surface area contributed by atoms with Crippen molar-refractivity contribution in [2.75, 3.05) is 23.7 Å². The summed E-state index contributed by atoms with van der Waals surface area (Å²) in [4.78, 5) is 2.25. The van der Waals surface area contributed by atoms with Crippen LogP contribution in [0.3, 0.4) is 0 Å². The number of benzene rings is 1. The fraction of sp³-hybridized carbons (Fsp3) is 0.571. The number of sulfonamides is 1. The number of nitrogens with two attached hydrogens (primary N) is 2. The number of nitrogen functional groups attached to an aromatic ring is 1.